The van der Waals surface area contributed by atoms with E-state index in [9.17, 15) is 9.59 Å². The third-order valence-corrected chi connectivity index (χ3v) is 6.37. The minimum Gasteiger partial charge on any atom is -0.356 e. The summed E-state index contributed by atoms with van der Waals surface area (Å²) in [6, 6.07) is 18.6. The van der Waals surface area contributed by atoms with E-state index in [1.807, 2.05) is 38.1 Å². The van der Waals surface area contributed by atoms with Gasteiger partial charge >= 0.3 is 0 Å². The van der Waals surface area contributed by atoms with Gasteiger partial charge in [-0.3, -0.25) is 9.59 Å². The molecule has 1 aliphatic rings. The average molecular weight is 443 g/mol. The van der Waals surface area contributed by atoms with E-state index in [0.29, 0.717) is 49.6 Å². The molecule has 3 aromatic rings. The number of aromatic nitrogens is 2. The Balaban J connectivity index is 1.60. The maximum Gasteiger partial charge on any atom is 0.257 e. The van der Waals surface area contributed by atoms with Crippen LogP contribution in [0.15, 0.2) is 60.8 Å². The number of nitrogens with one attached hydrogen (secondary N) is 1. The summed E-state index contributed by atoms with van der Waals surface area (Å²) in [5.74, 6) is 0.527. The van der Waals surface area contributed by atoms with Gasteiger partial charge in [-0.1, -0.05) is 54.6 Å². The number of likely N-dealkylation sites (tertiary alicyclic amines) is 1. The van der Waals surface area contributed by atoms with Crippen LogP contribution < -0.4 is 5.32 Å². The number of amides is 2. The molecular weight excluding hydrogens is 412 g/mol. The van der Waals surface area contributed by atoms with Crippen molar-refractivity contribution in [2.45, 2.75) is 33.6 Å². The summed E-state index contributed by atoms with van der Waals surface area (Å²) in [6.07, 6.45) is 2.79. The first-order valence-electron chi connectivity index (χ1n) is 11.4. The second kappa shape index (κ2) is 9.53. The number of hydrogen-bond donors (Lipinski definition) is 1. The van der Waals surface area contributed by atoms with Crippen LogP contribution in [0.3, 0.4) is 0 Å². The van der Waals surface area contributed by atoms with Crippen molar-refractivity contribution in [2.24, 2.45) is 5.41 Å². The molecule has 0 spiro atoms. The van der Waals surface area contributed by atoms with E-state index in [-0.39, 0.29) is 11.8 Å². The molecule has 0 aliphatic carbocycles. The SMILES string of the molecule is CCNC(=O)C1(Cc2cccc(-c3ccccc3)c2)CCN(C(=O)c2cnc(C)nc2C)C1. The molecule has 0 radical (unpaired) electrons. The molecule has 1 fully saturated rings. The van der Waals surface area contributed by atoms with Gasteiger partial charge in [0.15, 0.2) is 0 Å². The zero-order chi connectivity index (χ0) is 23.4. The maximum absolute atomic E-state index is 13.3. The van der Waals surface area contributed by atoms with Gasteiger partial charge in [0, 0.05) is 25.8 Å². The fraction of sp³-hybridized carbons (Fsp3) is 0.333. The number of benzene rings is 2. The summed E-state index contributed by atoms with van der Waals surface area (Å²) in [4.78, 5) is 36.8. The predicted octanol–water partition coefficient (Wildman–Crippen LogP) is 3.97. The summed E-state index contributed by atoms with van der Waals surface area (Å²) < 4.78 is 0. The first kappa shape index (κ1) is 22.6. The monoisotopic (exact) mass is 442 g/mol. The Hall–Kier alpha value is -3.54. The van der Waals surface area contributed by atoms with Crippen molar-refractivity contribution in [2.75, 3.05) is 19.6 Å². The van der Waals surface area contributed by atoms with Gasteiger partial charge in [0.05, 0.1) is 16.7 Å². The highest BCUT2D eigenvalue weighted by atomic mass is 16.2. The summed E-state index contributed by atoms with van der Waals surface area (Å²) >= 11 is 0. The summed E-state index contributed by atoms with van der Waals surface area (Å²) in [5, 5.41) is 3.01. The lowest BCUT2D eigenvalue weighted by atomic mass is 9.79. The summed E-state index contributed by atoms with van der Waals surface area (Å²) in [5.41, 5.74) is 3.85. The van der Waals surface area contributed by atoms with Crippen molar-refractivity contribution in [1.29, 1.82) is 0 Å². The number of hydrogen-bond acceptors (Lipinski definition) is 4. The molecule has 2 aromatic carbocycles. The van der Waals surface area contributed by atoms with Crippen molar-refractivity contribution < 1.29 is 9.59 Å². The Morgan fingerprint density at radius 3 is 2.55 bits per heavy atom. The van der Waals surface area contributed by atoms with Gasteiger partial charge < -0.3 is 10.2 Å². The van der Waals surface area contributed by atoms with Gasteiger partial charge in [-0.15, -0.1) is 0 Å². The van der Waals surface area contributed by atoms with E-state index >= 15 is 0 Å². The van der Waals surface area contributed by atoms with Crippen molar-refractivity contribution in [3.8, 4) is 11.1 Å². The molecule has 0 bridgehead atoms. The smallest absolute Gasteiger partial charge is 0.257 e. The molecule has 1 N–H and O–H groups in total. The Morgan fingerprint density at radius 2 is 1.82 bits per heavy atom. The molecule has 1 unspecified atom stereocenters. The van der Waals surface area contributed by atoms with Crippen LogP contribution >= 0.6 is 0 Å². The molecule has 170 valence electrons. The minimum atomic E-state index is -0.666. The Labute approximate surface area is 195 Å². The molecule has 1 aliphatic heterocycles. The molecule has 1 atom stereocenters. The lowest BCUT2D eigenvalue weighted by molar-refractivity contribution is -0.130. The first-order chi connectivity index (χ1) is 15.9. The lowest BCUT2D eigenvalue weighted by Gasteiger charge is -2.28. The lowest BCUT2D eigenvalue weighted by Crippen LogP contribution is -2.45. The van der Waals surface area contributed by atoms with Crippen LogP contribution in [0.25, 0.3) is 11.1 Å². The van der Waals surface area contributed by atoms with Crippen LogP contribution in [0, 0.1) is 19.3 Å². The van der Waals surface area contributed by atoms with Crippen LogP contribution in [0.2, 0.25) is 0 Å². The molecule has 2 heterocycles. The van der Waals surface area contributed by atoms with Crippen molar-refractivity contribution in [3.05, 3.63) is 83.4 Å². The van der Waals surface area contributed by atoms with E-state index in [4.69, 9.17) is 0 Å². The van der Waals surface area contributed by atoms with Crippen LogP contribution in [-0.4, -0.2) is 46.3 Å². The van der Waals surface area contributed by atoms with E-state index in [1.165, 1.54) is 0 Å². The quantitative estimate of drug-likeness (QED) is 0.627. The van der Waals surface area contributed by atoms with Gasteiger partial charge in [-0.2, -0.15) is 0 Å². The molecule has 2 amide bonds. The molecule has 0 saturated carbocycles. The van der Waals surface area contributed by atoms with E-state index < -0.39 is 5.41 Å². The highest BCUT2D eigenvalue weighted by molar-refractivity contribution is 5.96. The minimum absolute atomic E-state index is 0.00212. The van der Waals surface area contributed by atoms with Crippen molar-refractivity contribution in [3.63, 3.8) is 0 Å². The zero-order valence-electron chi connectivity index (χ0n) is 19.5. The van der Waals surface area contributed by atoms with Crippen molar-refractivity contribution >= 4 is 11.8 Å². The van der Waals surface area contributed by atoms with Gasteiger partial charge in [0.1, 0.15) is 5.82 Å². The fourth-order valence-corrected chi connectivity index (χ4v) is 4.65. The molecule has 6 heteroatoms. The molecule has 1 saturated heterocycles. The van der Waals surface area contributed by atoms with Crippen LogP contribution in [0.4, 0.5) is 0 Å². The normalized spacial score (nSPS) is 17.7. The Kier molecular flexibility index (Phi) is 6.54. The third kappa shape index (κ3) is 4.80. The van der Waals surface area contributed by atoms with Crippen LogP contribution in [-0.2, 0) is 11.2 Å². The van der Waals surface area contributed by atoms with E-state index in [1.54, 1.807) is 18.0 Å². The van der Waals surface area contributed by atoms with Crippen molar-refractivity contribution in [1.82, 2.24) is 20.2 Å². The number of carbonyl (C=O) groups is 2. The predicted molar refractivity (Wildman–Crippen MR) is 129 cm³/mol. The largest absolute Gasteiger partial charge is 0.356 e. The van der Waals surface area contributed by atoms with Gasteiger partial charge in [0.2, 0.25) is 5.91 Å². The van der Waals surface area contributed by atoms with Gasteiger partial charge in [-0.25, -0.2) is 9.97 Å². The fourth-order valence-electron chi connectivity index (χ4n) is 4.65. The Morgan fingerprint density at radius 1 is 1.06 bits per heavy atom. The molecule has 1 aromatic heterocycles. The maximum atomic E-state index is 13.3. The molecular formula is C27H30N4O2. The first-order valence-corrected chi connectivity index (χ1v) is 11.4. The number of rotatable bonds is 6. The molecule has 4 rings (SSSR count). The molecule has 33 heavy (non-hydrogen) atoms. The van der Waals surface area contributed by atoms with Crippen LogP contribution in [0.5, 0.6) is 0 Å². The number of carbonyl (C=O) groups excluding carboxylic acids is 2. The second-order valence-corrected chi connectivity index (χ2v) is 8.78. The van der Waals surface area contributed by atoms with E-state index in [0.717, 1.165) is 16.7 Å². The summed E-state index contributed by atoms with van der Waals surface area (Å²) in [6.45, 7) is 7.02. The third-order valence-electron chi connectivity index (χ3n) is 6.37. The Bertz CT molecular complexity index is 1160. The van der Waals surface area contributed by atoms with Gasteiger partial charge in [0.25, 0.3) is 5.91 Å². The number of nitrogens with zero attached hydrogens (tertiary/aromatic N) is 3. The average Bonchev–Trinajstić information content (AvgIpc) is 3.25. The summed E-state index contributed by atoms with van der Waals surface area (Å²) in [7, 11) is 0. The second-order valence-electron chi connectivity index (χ2n) is 8.78. The zero-order valence-corrected chi connectivity index (χ0v) is 19.5. The highest BCUT2D eigenvalue weighted by Crippen LogP contribution is 2.36. The standard InChI is InChI=1S/C27H30N4O2/c1-4-28-26(33)27(16-21-9-8-12-23(15-21)22-10-6-5-7-11-22)13-14-31(18-27)25(32)24-17-29-20(3)30-19(24)2/h5-12,15,17H,4,13-14,16,18H2,1-3H3,(H,28,33). The number of aryl methyl sites for hydroxylation is 2. The molecule has 6 nitrogen and oxygen atoms in total. The van der Waals surface area contributed by atoms with E-state index in [2.05, 4.69) is 45.6 Å². The highest BCUT2D eigenvalue weighted by Gasteiger charge is 2.46. The van der Waals surface area contributed by atoms with Crippen LogP contribution in [0.1, 0.15) is 40.8 Å². The van der Waals surface area contributed by atoms with Gasteiger partial charge in [-0.05, 0) is 50.3 Å². The topological polar surface area (TPSA) is 75.2 Å².